The first-order valence-corrected chi connectivity index (χ1v) is 10.9. The third-order valence-corrected chi connectivity index (χ3v) is 6.32. The number of fused-ring (bicyclic) bond motifs is 1. The van der Waals surface area contributed by atoms with Gasteiger partial charge in [-0.25, -0.2) is 15.4 Å². The van der Waals surface area contributed by atoms with E-state index in [9.17, 15) is 27.9 Å². The first kappa shape index (κ1) is 23.8. The maximum atomic E-state index is 13.3. The molecule has 0 spiro atoms. The number of hydrogen-bond acceptors (Lipinski definition) is 6. The van der Waals surface area contributed by atoms with E-state index in [0.29, 0.717) is 16.9 Å². The number of amides is 1. The molecule has 2 aromatic carbocycles. The quantitative estimate of drug-likeness (QED) is 0.347. The molecule has 2 heterocycles. The molecule has 178 valence electrons. The molecule has 1 aromatic heterocycles. The summed E-state index contributed by atoms with van der Waals surface area (Å²) in [6.07, 6.45) is -4.48. The topological polar surface area (TPSA) is 113 Å². The van der Waals surface area contributed by atoms with Crippen LogP contribution in [0.4, 0.5) is 19.1 Å². The van der Waals surface area contributed by atoms with Crippen LogP contribution in [0.25, 0.3) is 5.69 Å². The maximum absolute atomic E-state index is 13.3. The molecule has 0 fully saturated rings. The summed E-state index contributed by atoms with van der Waals surface area (Å²) in [4.78, 5) is 32.2. The van der Waals surface area contributed by atoms with Crippen LogP contribution in [0.1, 0.15) is 34.1 Å². The van der Waals surface area contributed by atoms with Gasteiger partial charge in [0.25, 0.3) is 11.5 Å². The molecule has 0 saturated carbocycles. The van der Waals surface area contributed by atoms with Gasteiger partial charge >= 0.3 is 6.18 Å². The molecular weight excluding hydrogens is 519 g/mol. The zero-order valence-corrected chi connectivity index (χ0v) is 19.3. The number of aromatic hydroxyl groups is 1. The Kier molecular flexibility index (Phi) is 6.13. The van der Waals surface area contributed by atoms with Gasteiger partial charge < -0.3 is 10.0 Å². The standard InChI is InChI=1S/C22H19BrF3N5O3/c1-11-8-15-18(28-21(29-27)31(20(15)34)13-3-5-14(32)6-4-13)10-30(11)19(33)12-2-7-17(23)16(9-12)22(24,25)26/h2-7,9,11,32H,8,10,27H2,1H3,(H,28,29)/t11-/m1/s1. The summed E-state index contributed by atoms with van der Waals surface area (Å²) >= 11 is 2.87. The number of anilines is 1. The number of hydrogen-bond donors (Lipinski definition) is 3. The SMILES string of the molecule is C[C@@H]1Cc2c(nc(NN)n(-c3ccc(O)cc3)c2=O)CN1C(=O)c1ccc(Br)c(C(F)(F)F)c1. The Labute approximate surface area is 199 Å². The van der Waals surface area contributed by atoms with E-state index in [2.05, 4.69) is 26.3 Å². The number of nitrogens with one attached hydrogen (secondary N) is 1. The summed E-state index contributed by atoms with van der Waals surface area (Å²) in [6.45, 7) is 1.64. The summed E-state index contributed by atoms with van der Waals surface area (Å²) in [5, 5.41) is 9.53. The highest BCUT2D eigenvalue weighted by Crippen LogP contribution is 2.36. The molecule has 3 aromatic rings. The van der Waals surface area contributed by atoms with Gasteiger partial charge in [0.15, 0.2) is 0 Å². The van der Waals surface area contributed by atoms with Crippen molar-refractivity contribution in [2.24, 2.45) is 5.84 Å². The summed E-state index contributed by atoms with van der Waals surface area (Å²) in [6, 6.07) is 8.71. The predicted molar refractivity (Wildman–Crippen MR) is 121 cm³/mol. The van der Waals surface area contributed by atoms with E-state index >= 15 is 0 Å². The van der Waals surface area contributed by atoms with Crippen molar-refractivity contribution >= 4 is 27.8 Å². The fraction of sp³-hybridized carbons (Fsp3) is 0.227. The average molecular weight is 538 g/mol. The van der Waals surface area contributed by atoms with E-state index in [0.717, 1.165) is 6.07 Å². The number of halogens is 4. The fourth-order valence-corrected chi connectivity index (χ4v) is 4.38. The third kappa shape index (κ3) is 4.26. The Morgan fingerprint density at radius 3 is 2.53 bits per heavy atom. The van der Waals surface area contributed by atoms with E-state index in [-0.39, 0.29) is 34.7 Å². The highest BCUT2D eigenvalue weighted by molar-refractivity contribution is 9.10. The highest BCUT2D eigenvalue weighted by atomic mass is 79.9. The molecule has 1 atom stereocenters. The van der Waals surface area contributed by atoms with Crippen molar-refractivity contribution in [3.8, 4) is 11.4 Å². The van der Waals surface area contributed by atoms with Crippen molar-refractivity contribution in [3.05, 3.63) is 79.7 Å². The molecule has 4 rings (SSSR count). The predicted octanol–water partition coefficient (Wildman–Crippen LogP) is 3.59. The first-order valence-electron chi connectivity index (χ1n) is 10.1. The molecule has 1 aliphatic heterocycles. The molecule has 0 saturated heterocycles. The second kappa shape index (κ2) is 8.76. The normalized spacial score (nSPS) is 15.7. The van der Waals surface area contributed by atoms with Gasteiger partial charge in [0.2, 0.25) is 5.95 Å². The minimum atomic E-state index is -4.63. The Bertz CT molecular complexity index is 1330. The Morgan fingerprint density at radius 1 is 1.24 bits per heavy atom. The van der Waals surface area contributed by atoms with Crippen LogP contribution in [0.5, 0.6) is 5.75 Å². The summed E-state index contributed by atoms with van der Waals surface area (Å²) < 4.78 is 41.0. The van der Waals surface area contributed by atoms with Crippen molar-refractivity contribution < 1.29 is 23.1 Å². The number of benzene rings is 2. The molecular formula is C22H19BrF3N5O3. The number of rotatable bonds is 3. The number of carbonyl (C=O) groups excluding carboxylic acids is 1. The van der Waals surface area contributed by atoms with Gasteiger partial charge in [-0.1, -0.05) is 15.9 Å². The Balaban J connectivity index is 1.73. The summed E-state index contributed by atoms with van der Waals surface area (Å²) in [7, 11) is 0. The number of nitrogens with zero attached hydrogens (tertiary/aromatic N) is 3. The van der Waals surface area contributed by atoms with Crippen LogP contribution in [-0.4, -0.2) is 31.5 Å². The van der Waals surface area contributed by atoms with Gasteiger partial charge in [0, 0.05) is 21.6 Å². The number of hydrazine groups is 1. The molecule has 1 aliphatic rings. The Morgan fingerprint density at radius 2 is 1.91 bits per heavy atom. The lowest BCUT2D eigenvalue weighted by atomic mass is 9.98. The first-order chi connectivity index (χ1) is 16.0. The van der Waals surface area contributed by atoms with E-state index in [1.807, 2.05) is 0 Å². The van der Waals surface area contributed by atoms with Gasteiger partial charge in [0.05, 0.1) is 23.5 Å². The molecule has 8 nitrogen and oxygen atoms in total. The van der Waals surface area contributed by atoms with E-state index in [1.54, 1.807) is 6.92 Å². The highest BCUT2D eigenvalue weighted by Gasteiger charge is 2.36. The molecule has 0 radical (unpaired) electrons. The number of aromatic nitrogens is 2. The molecule has 34 heavy (non-hydrogen) atoms. The van der Waals surface area contributed by atoms with Gasteiger partial charge in [-0.15, -0.1) is 0 Å². The Hall–Kier alpha value is -3.38. The molecule has 4 N–H and O–H groups in total. The van der Waals surface area contributed by atoms with Crippen LogP contribution < -0.4 is 16.8 Å². The fourth-order valence-electron chi connectivity index (χ4n) is 3.91. The molecule has 1 amide bonds. The average Bonchev–Trinajstić information content (AvgIpc) is 2.79. The molecule has 0 bridgehead atoms. The van der Waals surface area contributed by atoms with Crippen molar-refractivity contribution in [1.29, 1.82) is 0 Å². The minimum Gasteiger partial charge on any atom is -0.508 e. The van der Waals surface area contributed by atoms with Crippen LogP contribution in [0.3, 0.4) is 0 Å². The van der Waals surface area contributed by atoms with E-state index in [4.69, 9.17) is 5.84 Å². The summed E-state index contributed by atoms with van der Waals surface area (Å²) in [5.74, 6) is 5.02. The lowest BCUT2D eigenvalue weighted by Gasteiger charge is -2.34. The smallest absolute Gasteiger partial charge is 0.417 e. The molecule has 0 aliphatic carbocycles. The van der Waals surface area contributed by atoms with Crippen LogP contribution >= 0.6 is 15.9 Å². The van der Waals surface area contributed by atoms with E-state index < -0.39 is 29.2 Å². The second-order valence-electron chi connectivity index (χ2n) is 7.84. The monoisotopic (exact) mass is 537 g/mol. The second-order valence-corrected chi connectivity index (χ2v) is 8.69. The third-order valence-electron chi connectivity index (χ3n) is 5.63. The van der Waals surface area contributed by atoms with Gasteiger partial charge in [-0.05, 0) is 55.8 Å². The number of nitrogens with two attached hydrogens (primary N) is 1. The van der Waals surface area contributed by atoms with Gasteiger partial charge in [-0.2, -0.15) is 13.2 Å². The molecule has 12 heteroatoms. The van der Waals surface area contributed by atoms with Crippen molar-refractivity contribution in [1.82, 2.24) is 14.5 Å². The van der Waals surface area contributed by atoms with E-state index in [1.165, 1.54) is 45.9 Å². The lowest BCUT2D eigenvalue weighted by molar-refractivity contribution is -0.138. The van der Waals surface area contributed by atoms with Crippen LogP contribution in [0.2, 0.25) is 0 Å². The van der Waals surface area contributed by atoms with Crippen molar-refractivity contribution in [2.45, 2.75) is 32.1 Å². The number of nitrogen functional groups attached to an aromatic ring is 1. The van der Waals surface area contributed by atoms with Crippen molar-refractivity contribution in [3.63, 3.8) is 0 Å². The van der Waals surface area contributed by atoms with Crippen LogP contribution in [0, 0.1) is 0 Å². The lowest BCUT2D eigenvalue weighted by Crippen LogP contribution is -2.46. The zero-order valence-electron chi connectivity index (χ0n) is 17.7. The maximum Gasteiger partial charge on any atom is 0.417 e. The minimum absolute atomic E-state index is 0.0133. The largest absolute Gasteiger partial charge is 0.508 e. The summed E-state index contributed by atoms with van der Waals surface area (Å²) in [5.41, 5.74) is 1.99. The molecule has 0 unspecified atom stereocenters. The number of alkyl halides is 3. The van der Waals surface area contributed by atoms with Crippen molar-refractivity contribution in [2.75, 3.05) is 5.43 Å². The number of phenolic OH excluding ortho intramolecular Hbond substituents is 1. The van der Waals surface area contributed by atoms with Crippen LogP contribution in [-0.2, 0) is 19.1 Å². The number of carbonyl (C=O) groups is 1. The number of phenols is 1. The van der Waals surface area contributed by atoms with Crippen LogP contribution in [0.15, 0.2) is 51.7 Å². The zero-order chi connectivity index (χ0) is 24.8. The van der Waals surface area contributed by atoms with Gasteiger partial charge in [-0.3, -0.25) is 15.0 Å². The van der Waals surface area contributed by atoms with Gasteiger partial charge in [0.1, 0.15) is 5.75 Å².